The lowest BCUT2D eigenvalue weighted by atomic mass is 10.1. The van der Waals surface area contributed by atoms with E-state index < -0.39 is 5.60 Å². The molecule has 36 heavy (non-hydrogen) atoms. The zero-order chi connectivity index (χ0) is 25.7. The van der Waals surface area contributed by atoms with Crippen molar-refractivity contribution in [2.24, 2.45) is 0 Å². The molecule has 0 atom stereocenters. The normalized spacial score (nSPS) is 13.8. The molecule has 2 amide bonds. The molecule has 4 heterocycles. The maximum atomic E-state index is 12.4. The molecule has 3 aromatic rings. The van der Waals surface area contributed by atoms with Crippen molar-refractivity contribution in [3.8, 4) is 11.3 Å². The van der Waals surface area contributed by atoms with Crippen LogP contribution in [0.3, 0.4) is 0 Å². The number of amides is 2. The van der Waals surface area contributed by atoms with Gasteiger partial charge < -0.3 is 25.2 Å². The molecule has 0 saturated carbocycles. The molecule has 3 aromatic heterocycles. The number of ether oxygens (including phenoxy) is 1. The molecule has 2 N–H and O–H groups in total. The van der Waals surface area contributed by atoms with Crippen LogP contribution in [0.1, 0.15) is 27.7 Å². The molecule has 0 aromatic carbocycles. The lowest BCUT2D eigenvalue weighted by Crippen LogP contribution is -2.50. The van der Waals surface area contributed by atoms with Crippen LogP contribution < -0.4 is 15.5 Å². The number of aromatic nitrogens is 4. The van der Waals surface area contributed by atoms with E-state index in [9.17, 15) is 9.59 Å². The number of pyridine rings is 2. The molecular formula is C25H30N8O3. The first-order chi connectivity index (χ1) is 17.2. The predicted octanol–water partition coefficient (Wildman–Crippen LogP) is 3.69. The summed E-state index contributed by atoms with van der Waals surface area (Å²) in [5.74, 6) is 1.65. The van der Waals surface area contributed by atoms with Gasteiger partial charge in [0.05, 0.1) is 11.9 Å². The highest BCUT2D eigenvalue weighted by Crippen LogP contribution is 2.28. The third kappa shape index (κ3) is 6.65. The van der Waals surface area contributed by atoms with Crippen molar-refractivity contribution in [3.63, 3.8) is 0 Å². The minimum Gasteiger partial charge on any atom is -0.444 e. The maximum absolute atomic E-state index is 12.4. The number of anilines is 4. The number of carbonyl (C=O) groups is 2. The van der Waals surface area contributed by atoms with Crippen LogP contribution >= 0.6 is 0 Å². The fourth-order valence-electron chi connectivity index (χ4n) is 3.71. The summed E-state index contributed by atoms with van der Waals surface area (Å²) in [6.07, 6.45) is 6.19. The fraction of sp³-hybridized carbons (Fsp3) is 0.360. The van der Waals surface area contributed by atoms with E-state index in [0.29, 0.717) is 49.2 Å². The van der Waals surface area contributed by atoms with Gasteiger partial charge in [-0.15, -0.1) is 0 Å². The van der Waals surface area contributed by atoms with Gasteiger partial charge in [0.1, 0.15) is 23.1 Å². The van der Waals surface area contributed by atoms with E-state index in [2.05, 4.69) is 30.5 Å². The standard InChI is InChI=1S/C25H30N8O3/c1-17(34)29-19-14-20(30-21(15-19)31-22-16-26-7-8-27-22)18-5-6-28-23(13-18)32-9-11-33(12-10-32)24(35)36-25(2,3)4/h5-8,13-16H,9-12H2,1-4H3,(H2,27,29,30,31,34). The molecule has 0 spiro atoms. The first-order valence-corrected chi connectivity index (χ1v) is 11.7. The van der Waals surface area contributed by atoms with Crippen LogP contribution in [0.4, 0.5) is 27.9 Å². The highest BCUT2D eigenvalue weighted by Gasteiger charge is 2.26. The summed E-state index contributed by atoms with van der Waals surface area (Å²) < 4.78 is 5.49. The Balaban J connectivity index is 1.53. The largest absolute Gasteiger partial charge is 0.444 e. The van der Waals surface area contributed by atoms with Crippen LogP contribution in [0.2, 0.25) is 0 Å². The molecule has 1 fully saturated rings. The van der Waals surface area contributed by atoms with Crippen molar-refractivity contribution in [2.75, 3.05) is 41.7 Å². The summed E-state index contributed by atoms with van der Waals surface area (Å²) in [5, 5.41) is 5.95. The van der Waals surface area contributed by atoms with Gasteiger partial charge in [-0.2, -0.15) is 0 Å². The maximum Gasteiger partial charge on any atom is 0.410 e. The first kappa shape index (κ1) is 24.8. The quantitative estimate of drug-likeness (QED) is 0.551. The second-order valence-corrected chi connectivity index (χ2v) is 9.38. The van der Waals surface area contributed by atoms with Gasteiger partial charge in [0.15, 0.2) is 0 Å². The van der Waals surface area contributed by atoms with Gasteiger partial charge in [-0.25, -0.2) is 19.7 Å². The van der Waals surface area contributed by atoms with Crippen LogP contribution in [-0.2, 0) is 9.53 Å². The second-order valence-electron chi connectivity index (χ2n) is 9.38. The molecule has 11 nitrogen and oxygen atoms in total. The van der Waals surface area contributed by atoms with E-state index in [0.717, 1.165) is 11.4 Å². The Kier molecular flexibility index (Phi) is 7.28. The average Bonchev–Trinajstić information content (AvgIpc) is 2.83. The number of hydrogen-bond donors (Lipinski definition) is 2. The first-order valence-electron chi connectivity index (χ1n) is 11.7. The number of piperazine rings is 1. The molecule has 0 radical (unpaired) electrons. The smallest absolute Gasteiger partial charge is 0.410 e. The predicted molar refractivity (Wildman–Crippen MR) is 137 cm³/mol. The van der Waals surface area contributed by atoms with E-state index >= 15 is 0 Å². The molecular weight excluding hydrogens is 460 g/mol. The highest BCUT2D eigenvalue weighted by molar-refractivity contribution is 5.90. The summed E-state index contributed by atoms with van der Waals surface area (Å²) in [6.45, 7) is 9.39. The van der Waals surface area contributed by atoms with Gasteiger partial charge in [0.25, 0.3) is 0 Å². The van der Waals surface area contributed by atoms with Gasteiger partial charge in [-0.1, -0.05) is 0 Å². The topological polar surface area (TPSA) is 125 Å². The Bertz CT molecular complexity index is 1220. The average molecular weight is 491 g/mol. The van der Waals surface area contributed by atoms with Crippen LogP contribution in [0.25, 0.3) is 11.3 Å². The van der Waals surface area contributed by atoms with E-state index in [1.54, 1.807) is 35.8 Å². The highest BCUT2D eigenvalue weighted by atomic mass is 16.6. The van der Waals surface area contributed by atoms with Crippen molar-refractivity contribution in [1.82, 2.24) is 24.8 Å². The Morgan fingerprint density at radius 1 is 0.972 bits per heavy atom. The van der Waals surface area contributed by atoms with Crippen molar-refractivity contribution in [2.45, 2.75) is 33.3 Å². The molecule has 1 aliphatic heterocycles. The Morgan fingerprint density at radius 2 is 1.75 bits per heavy atom. The van der Waals surface area contributed by atoms with Crippen LogP contribution in [-0.4, -0.2) is 68.6 Å². The Labute approximate surface area is 209 Å². The number of hydrogen-bond acceptors (Lipinski definition) is 9. The third-order valence-corrected chi connectivity index (χ3v) is 5.26. The van der Waals surface area contributed by atoms with E-state index in [4.69, 9.17) is 9.72 Å². The van der Waals surface area contributed by atoms with Crippen LogP contribution in [0.5, 0.6) is 0 Å². The fourth-order valence-corrected chi connectivity index (χ4v) is 3.71. The van der Waals surface area contributed by atoms with Gasteiger partial charge in [-0.3, -0.25) is 9.78 Å². The molecule has 11 heteroatoms. The second kappa shape index (κ2) is 10.5. The molecule has 188 valence electrons. The lowest BCUT2D eigenvalue weighted by molar-refractivity contribution is -0.114. The van der Waals surface area contributed by atoms with E-state index in [1.165, 1.54) is 6.92 Å². The van der Waals surface area contributed by atoms with Gasteiger partial charge >= 0.3 is 6.09 Å². The zero-order valence-electron chi connectivity index (χ0n) is 20.9. The molecule has 0 bridgehead atoms. The SMILES string of the molecule is CC(=O)Nc1cc(Nc2cnccn2)nc(-c2ccnc(N3CCN(C(=O)OC(C)(C)C)CC3)c2)c1. The number of carbonyl (C=O) groups excluding carboxylic acids is 2. The van der Waals surface area contributed by atoms with Gasteiger partial charge in [0.2, 0.25) is 5.91 Å². The zero-order valence-corrected chi connectivity index (χ0v) is 20.9. The molecule has 0 unspecified atom stereocenters. The van der Waals surface area contributed by atoms with E-state index in [-0.39, 0.29) is 12.0 Å². The number of rotatable bonds is 5. The third-order valence-electron chi connectivity index (χ3n) is 5.26. The van der Waals surface area contributed by atoms with Gasteiger partial charge in [-0.05, 0) is 39.0 Å². The summed E-state index contributed by atoms with van der Waals surface area (Å²) in [6, 6.07) is 7.36. The molecule has 1 saturated heterocycles. The van der Waals surface area contributed by atoms with Crippen molar-refractivity contribution in [3.05, 3.63) is 49.1 Å². The van der Waals surface area contributed by atoms with E-state index in [1.807, 2.05) is 39.0 Å². The molecule has 0 aliphatic carbocycles. The minimum absolute atomic E-state index is 0.184. The lowest BCUT2D eigenvalue weighted by Gasteiger charge is -2.36. The van der Waals surface area contributed by atoms with Crippen molar-refractivity contribution in [1.29, 1.82) is 0 Å². The van der Waals surface area contributed by atoms with Crippen LogP contribution in [0, 0.1) is 0 Å². The monoisotopic (exact) mass is 490 g/mol. The van der Waals surface area contributed by atoms with Gasteiger partial charge in [0, 0.05) is 69.0 Å². The summed E-state index contributed by atoms with van der Waals surface area (Å²) >= 11 is 0. The minimum atomic E-state index is -0.524. The van der Waals surface area contributed by atoms with Crippen molar-refractivity contribution >= 4 is 35.1 Å². The summed E-state index contributed by atoms with van der Waals surface area (Å²) in [7, 11) is 0. The number of nitrogens with one attached hydrogen (secondary N) is 2. The summed E-state index contributed by atoms with van der Waals surface area (Å²) in [4.78, 5) is 45.5. The Morgan fingerprint density at radius 3 is 2.42 bits per heavy atom. The molecule has 4 rings (SSSR count). The molecule has 1 aliphatic rings. The number of nitrogens with zero attached hydrogens (tertiary/aromatic N) is 6. The van der Waals surface area contributed by atoms with Crippen LogP contribution in [0.15, 0.2) is 49.1 Å². The van der Waals surface area contributed by atoms with Crippen molar-refractivity contribution < 1.29 is 14.3 Å². The Hall–Kier alpha value is -4.28. The summed E-state index contributed by atoms with van der Waals surface area (Å²) in [5.41, 5.74) is 1.57.